The highest BCUT2D eigenvalue weighted by atomic mass is 15.2. The first-order chi connectivity index (χ1) is 30.7. The third-order valence-electron chi connectivity index (χ3n) is 13.5. The molecule has 62 heavy (non-hydrogen) atoms. The van der Waals surface area contributed by atoms with Crippen molar-refractivity contribution in [3.05, 3.63) is 205 Å². The summed E-state index contributed by atoms with van der Waals surface area (Å²) < 4.78 is 5.07. The van der Waals surface area contributed by atoms with Gasteiger partial charge in [-0.2, -0.15) is 0 Å². The van der Waals surface area contributed by atoms with Crippen LogP contribution in [0.25, 0.3) is 76.2 Å². The largest absolute Gasteiger partial charge is 0.310 e. The number of rotatable bonds is 8. The van der Waals surface area contributed by atoms with Crippen molar-refractivity contribution >= 4 is 110 Å². The fourth-order valence-corrected chi connectivity index (χ4v) is 10.7. The number of para-hydroxylation sites is 4. The minimum atomic E-state index is 1.01. The van der Waals surface area contributed by atoms with Crippen LogP contribution in [-0.4, -0.2) is 8.80 Å². The Morgan fingerprint density at radius 3 is 1.10 bits per heavy atom. The van der Waals surface area contributed by atoms with Gasteiger partial charge in [0.15, 0.2) is 0 Å². The molecule has 0 atom stereocenters. The Hall–Kier alpha value is -7.82. The third-order valence-corrected chi connectivity index (χ3v) is 13.5. The topological polar surface area (TPSA) is 15.3 Å². The smallest absolute Gasteiger partial charge is 0.0621 e. The zero-order chi connectivity index (χ0) is 41.1. The van der Waals surface area contributed by atoms with Crippen molar-refractivity contribution in [3.8, 4) is 0 Å². The van der Waals surface area contributed by atoms with Crippen LogP contribution in [0, 0.1) is 0 Å². The van der Waals surface area contributed by atoms with Crippen molar-refractivity contribution < 1.29 is 0 Å². The van der Waals surface area contributed by atoms with Crippen molar-refractivity contribution in [2.45, 2.75) is 26.7 Å². The van der Waals surface area contributed by atoms with Crippen LogP contribution < -0.4 is 9.80 Å². The van der Waals surface area contributed by atoms with Gasteiger partial charge >= 0.3 is 0 Å². The maximum absolute atomic E-state index is 2.54. The van der Waals surface area contributed by atoms with Gasteiger partial charge in [-0.15, -0.1) is 0 Å². The lowest BCUT2D eigenvalue weighted by Crippen LogP contribution is -2.10. The maximum Gasteiger partial charge on any atom is 0.0621 e. The second-order valence-corrected chi connectivity index (χ2v) is 16.7. The fraction of sp³-hybridized carbons (Fsp3) is 0.0690. The number of hydrogen-bond acceptors (Lipinski definition) is 2. The van der Waals surface area contributed by atoms with Gasteiger partial charge in [0.1, 0.15) is 0 Å². The van der Waals surface area contributed by atoms with Crippen LogP contribution in [0.15, 0.2) is 194 Å². The number of hydrogen-bond donors (Lipinski definition) is 0. The summed E-state index contributed by atoms with van der Waals surface area (Å²) in [7, 11) is 0. The molecule has 0 bridgehead atoms. The molecular formula is C58H42N4. The summed E-state index contributed by atoms with van der Waals surface area (Å²) >= 11 is 0. The highest BCUT2D eigenvalue weighted by Gasteiger charge is 2.26. The van der Waals surface area contributed by atoms with E-state index in [-0.39, 0.29) is 0 Å². The lowest BCUT2D eigenvalue weighted by molar-refractivity contribution is 1.14. The number of anilines is 6. The second-order valence-electron chi connectivity index (χ2n) is 16.7. The summed E-state index contributed by atoms with van der Waals surface area (Å²) in [5, 5.41) is 10.1. The molecule has 0 fully saturated rings. The van der Waals surface area contributed by atoms with E-state index in [0.29, 0.717) is 0 Å². The van der Waals surface area contributed by atoms with Crippen molar-refractivity contribution in [2.75, 3.05) is 9.80 Å². The zero-order valence-electron chi connectivity index (χ0n) is 34.7. The minimum absolute atomic E-state index is 1.01. The van der Waals surface area contributed by atoms with Crippen molar-refractivity contribution in [1.82, 2.24) is 8.80 Å². The van der Waals surface area contributed by atoms with Gasteiger partial charge in [0, 0.05) is 65.8 Å². The average molecular weight is 795 g/mol. The number of aryl methyl sites for hydroxylation is 2. The fourth-order valence-electron chi connectivity index (χ4n) is 10.7. The third kappa shape index (κ3) is 4.83. The van der Waals surface area contributed by atoms with Crippen LogP contribution in [0.4, 0.5) is 34.1 Å². The molecule has 0 saturated heterocycles. The van der Waals surface area contributed by atoms with Gasteiger partial charge < -0.3 is 18.6 Å². The van der Waals surface area contributed by atoms with Gasteiger partial charge in [0.05, 0.1) is 44.5 Å². The molecular weight excluding hydrogens is 753 g/mol. The SMILES string of the molecule is CCc1ccc(N(c2ccccc2)c2cccc3c2c2cccc4c5cc6c(cc5n3c42)c2cccc3c4c(N(c5ccccc5)c5ccc(CC)cc5)cccc4n6c23)cc1. The Morgan fingerprint density at radius 2 is 0.694 bits per heavy atom. The lowest BCUT2D eigenvalue weighted by atomic mass is 10.0. The van der Waals surface area contributed by atoms with E-state index in [1.807, 2.05) is 0 Å². The normalized spacial score (nSPS) is 12.2. The van der Waals surface area contributed by atoms with Crippen LogP contribution in [0.3, 0.4) is 0 Å². The van der Waals surface area contributed by atoms with E-state index in [4.69, 9.17) is 0 Å². The van der Waals surface area contributed by atoms with Gasteiger partial charge in [0.2, 0.25) is 0 Å². The Bertz CT molecular complexity index is 3550. The van der Waals surface area contributed by atoms with Gasteiger partial charge in [0.25, 0.3) is 0 Å². The van der Waals surface area contributed by atoms with Gasteiger partial charge in [-0.25, -0.2) is 0 Å². The van der Waals surface area contributed by atoms with Crippen LogP contribution in [0.5, 0.6) is 0 Å². The highest BCUT2D eigenvalue weighted by Crippen LogP contribution is 2.50. The predicted octanol–water partition coefficient (Wildman–Crippen LogP) is 16.1. The van der Waals surface area contributed by atoms with E-state index in [9.17, 15) is 0 Å². The maximum atomic E-state index is 2.54. The van der Waals surface area contributed by atoms with E-state index in [1.54, 1.807) is 0 Å². The number of aromatic nitrogens is 2. The summed E-state index contributed by atoms with van der Waals surface area (Å²) in [5.41, 5.74) is 17.1. The van der Waals surface area contributed by atoms with Crippen molar-refractivity contribution in [3.63, 3.8) is 0 Å². The zero-order valence-corrected chi connectivity index (χ0v) is 34.7. The molecule has 9 aromatic carbocycles. The first kappa shape index (κ1) is 35.0. The molecule has 4 heteroatoms. The molecule has 0 saturated carbocycles. The summed E-state index contributed by atoms with van der Waals surface area (Å²) in [4.78, 5) is 4.85. The number of benzene rings is 9. The van der Waals surface area contributed by atoms with E-state index >= 15 is 0 Å². The first-order valence-electron chi connectivity index (χ1n) is 21.9. The van der Waals surface area contributed by atoms with Gasteiger partial charge in [-0.05, 0) is 109 Å². The highest BCUT2D eigenvalue weighted by molar-refractivity contribution is 6.31. The molecule has 13 aromatic rings. The van der Waals surface area contributed by atoms with Gasteiger partial charge in [-0.1, -0.05) is 123 Å². The van der Waals surface area contributed by atoms with Crippen molar-refractivity contribution in [2.24, 2.45) is 0 Å². The molecule has 4 nitrogen and oxygen atoms in total. The quantitative estimate of drug-likeness (QED) is 0.152. The van der Waals surface area contributed by atoms with Crippen LogP contribution in [0.2, 0.25) is 0 Å². The lowest BCUT2D eigenvalue weighted by Gasteiger charge is -2.26. The Balaban J connectivity index is 1.08. The molecule has 0 aliphatic carbocycles. The number of nitrogens with zero attached hydrogens (tertiary/aromatic N) is 4. The van der Waals surface area contributed by atoms with Crippen LogP contribution in [-0.2, 0) is 12.8 Å². The minimum Gasteiger partial charge on any atom is -0.310 e. The van der Waals surface area contributed by atoms with Crippen molar-refractivity contribution in [1.29, 1.82) is 0 Å². The molecule has 13 rings (SSSR count). The summed E-state index contributed by atoms with van der Waals surface area (Å²) in [6, 6.07) is 72.1. The summed E-state index contributed by atoms with van der Waals surface area (Å²) in [6.45, 7) is 4.43. The molecule has 0 amide bonds. The molecule has 4 heterocycles. The Labute approximate surface area is 359 Å². The van der Waals surface area contributed by atoms with E-state index < -0.39 is 0 Å². The average Bonchev–Trinajstić information content (AvgIpc) is 4.06. The van der Waals surface area contributed by atoms with E-state index in [2.05, 4.69) is 227 Å². The Morgan fingerprint density at radius 1 is 0.323 bits per heavy atom. The van der Waals surface area contributed by atoms with Crippen LogP contribution >= 0.6 is 0 Å². The molecule has 0 radical (unpaired) electrons. The van der Waals surface area contributed by atoms with Gasteiger partial charge in [-0.3, -0.25) is 0 Å². The first-order valence-corrected chi connectivity index (χ1v) is 21.9. The summed E-state index contributed by atoms with van der Waals surface area (Å²) in [5.74, 6) is 0. The molecule has 294 valence electrons. The van der Waals surface area contributed by atoms with Crippen LogP contribution in [0.1, 0.15) is 25.0 Å². The molecule has 0 aliphatic rings. The summed E-state index contributed by atoms with van der Waals surface area (Å²) in [6.07, 6.45) is 2.03. The monoisotopic (exact) mass is 794 g/mol. The molecule has 0 unspecified atom stereocenters. The molecule has 0 N–H and O–H groups in total. The van der Waals surface area contributed by atoms with E-state index in [0.717, 1.165) is 35.6 Å². The standard InChI is InChI=1S/C58H42N4/c1-3-37-27-31-41(32-28-37)59(39-15-7-5-8-16-39)49-23-13-25-51-55(49)45-21-11-19-43-47-36-54-48(35-53(47)61(51)57(43)45)44-20-12-22-46-56-50(24-14-26-52(56)62(54)58(44)46)60(40-17-9-6-10-18-40)42-33-29-38(4-2)30-34-42/h5-36H,3-4H2,1-2H3. The molecule has 4 aromatic heterocycles. The Kier molecular flexibility index (Phi) is 7.53. The molecule has 0 aliphatic heterocycles. The molecule has 0 spiro atoms. The second kappa shape index (κ2) is 13.3. The van der Waals surface area contributed by atoms with E-state index in [1.165, 1.54) is 98.7 Å². The number of fused-ring (bicyclic) bond motifs is 12. The predicted molar refractivity (Wildman–Crippen MR) is 264 cm³/mol.